The van der Waals surface area contributed by atoms with Gasteiger partial charge in [-0.2, -0.15) is 0 Å². The van der Waals surface area contributed by atoms with Crippen LogP contribution in [-0.2, 0) is 9.05 Å². The molecule has 0 bridgehead atoms. The maximum absolute atomic E-state index is 7.31. The highest BCUT2D eigenvalue weighted by Crippen LogP contribution is 2.63. The van der Waals surface area contributed by atoms with Gasteiger partial charge in [-0.05, 0) is 88.1 Å². The fourth-order valence-corrected chi connectivity index (χ4v) is 13.7. The molecule has 4 fully saturated rings. The molecule has 2 saturated heterocycles. The Kier molecular flexibility index (Phi) is 10.1. The Bertz CT molecular complexity index is 1390. The van der Waals surface area contributed by atoms with Crippen molar-refractivity contribution in [2.24, 2.45) is 0 Å². The summed E-state index contributed by atoms with van der Waals surface area (Å²) in [6.45, 7) is 4.53. The molecule has 256 valence electrons. The van der Waals surface area contributed by atoms with E-state index < -0.39 is 16.9 Å². The maximum Gasteiger partial charge on any atom is 0.249 e. The van der Waals surface area contributed by atoms with Crippen LogP contribution in [0.2, 0.25) is 0 Å². The van der Waals surface area contributed by atoms with Crippen molar-refractivity contribution >= 4 is 39.6 Å². The first-order chi connectivity index (χ1) is 24.2. The molecule has 4 aliphatic rings. The van der Waals surface area contributed by atoms with Gasteiger partial charge in [0.05, 0.1) is 36.4 Å². The zero-order chi connectivity index (χ0) is 33.2. The van der Waals surface area contributed by atoms with Crippen LogP contribution in [0.4, 0.5) is 22.7 Å². The third-order valence-corrected chi connectivity index (χ3v) is 15.4. The Morgan fingerprint density at radius 1 is 0.449 bits per heavy atom. The van der Waals surface area contributed by atoms with Crippen molar-refractivity contribution in [3.05, 3.63) is 121 Å². The first kappa shape index (κ1) is 33.0. The van der Waals surface area contributed by atoms with Crippen molar-refractivity contribution in [1.29, 1.82) is 0 Å². The number of benzene rings is 4. The molecule has 2 aliphatic heterocycles. The molecule has 0 radical (unpaired) electrons. The van der Waals surface area contributed by atoms with Gasteiger partial charge in [0, 0.05) is 29.2 Å². The van der Waals surface area contributed by atoms with Gasteiger partial charge in [0.2, 0.25) is 16.9 Å². The fraction of sp³-hybridized carbons (Fsp3) is 0.415. The molecule has 8 rings (SSSR count). The molecule has 4 aromatic carbocycles. The number of hydrogen-bond acceptors (Lipinski definition) is 6. The normalized spacial score (nSPS) is 25.7. The molecule has 8 heteroatoms. The van der Waals surface area contributed by atoms with E-state index in [2.05, 4.69) is 154 Å². The van der Waals surface area contributed by atoms with Gasteiger partial charge in [0.15, 0.2) is 0 Å². The summed E-state index contributed by atoms with van der Waals surface area (Å²) in [7, 11) is -2.13. The van der Waals surface area contributed by atoms with Crippen LogP contribution in [0.5, 0.6) is 0 Å². The molecule has 2 saturated carbocycles. The standard InChI is InChI=1S/C41H50N4O2P2/c1-32(46-48-42(34-19-7-3-8-20-34)38-27-15-16-28-39(38)43(48)35-21-9-4-10-22-35)31-33(2)47-49-44(36-23-11-5-12-24-36)40-29-17-18-30-41(40)45(49)37-25-13-6-14-26-37/h3-14,19-26,32-33,38-41H,15-18,27-31H2,1-2H3/t32-,33-,38+,39+,40+,41+/m0/s1. The zero-order valence-corrected chi connectivity index (χ0v) is 30.7. The smallest absolute Gasteiger partial charge is 0.249 e. The van der Waals surface area contributed by atoms with Crippen LogP contribution in [0.25, 0.3) is 0 Å². The molecule has 0 N–H and O–H groups in total. The minimum Gasteiger partial charge on any atom is -0.319 e. The van der Waals surface area contributed by atoms with Crippen molar-refractivity contribution < 1.29 is 9.05 Å². The van der Waals surface area contributed by atoms with Gasteiger partial charge in [-0.1, -0.05) is 98.5 Å². The molecule has 4 aromatic rings. The van der Waals surface area contributed by atoms with Crippen LogP contribution in [-0.4, -0.2) is 36.4 Å². The molecular formula is C41H50N4O2P2. The lowest BCUT2D eigenvalue weighted by Gasteiger charge is -2.36. The Morgan fingerprint density at radius 3 is 0.939 bits per heavy atom. The van der Waals surface area contributed by atoms with Gasteiger partial charge in [0.1, 0.15) is 0 Å². The first-order valence-corrected chi connectivity index (χ1v) is 20.8. The topological polar surface area (TPSA) is 31.4 Å². The molecule has 0 spiro atoms. The lowest BCUT2D eigenvalue weighted by Crippen LogP contribution is -2.40. The highest BCUT2D eigenvalue weighted by molar-refractivity contribution is 7.57. The number of para-hydroxylation sites is 4. The van der Waals surface area contributed by atoms with Gasteiger partial charge < -0.3 is 27.7 Å². The molecule has 49 heavy (non-hydrogen) atoms. The second kappa shape index (κ2) is 15.0. The molecule has 2 heterocycles. The average molecular weight is 693 g/mol. The molecule has 0 amide bonds. The van der Waals surface area contributed by atoms with E-state index in [9.17, 15) is 0 Å². The largest absolute Gasteiger partial charge is 0.319 e. The molecule has 0 unspecified atom stereocenters. The SMILES string of the molecule is C[C@@H](C[C@H](C)OP1N(c2ccccc2)[C@@H]2CCCC[C@H]2N1c1ccccc1)OP1N(c2ccccc2)[C@@H]2CCCC[C@H]2N1c1ccccc1. The van der Waals surface area contributed by atoms with E-state index in [0.29, 0.717) is 24.2 Å². The van der Waals surface area contributed by atoms with Crippen molar-refractivity contribution in [3.8, 4) is 0 Å². The fourth-order valence-electron chi connectivity index (χ4n) is 8.60. The monoisotopic (exact) mass is 692 g/mol. The Hall–Kier alpha value is -3.14. The number of fused-ring (bicyclic) bond motifs is 2. The summed E-state index contributed by atoms with van der Waals surface area (Å²) in [4.78, 5) is 0. The summed E-state index contributed by atoms with van der Waals surface area (Å²) in [5, 5.41) is 0. The predicted molar refractivity (Wildman–Crippen MR) is 207 cm³/mol. The van der Waals surface area contributed by atoms with Crippen LogP contribution in [0, 0.1) is 0 Å². The zero-order valence-electron chi connectivity index (χ0n) is 28.9. The van der Waals surface area contributed by atoms with Crippen LogP contribution < -0.4 is 18.7 Å². The minimum atomic E-state index is -1.07. The lowest BCUT2D eigenvalue weighted by atomic mass is 9.90. The minimum absolute atomic E-state index is 0.0221. The quantitative estimate of drug-likeness (QED) is 0.154. The lowest BCUT2D eigenvalue weighted by molar-refractivity contribution is 0.150. The van der Waals surface area contributed by atoms with Crippen LogP contribution >= 0.6 is 16.9 Å². The number of hydrogen-bond donors (Lipinski definition) is 0. The molecular weight excluding hydrogens is 642 g/mol. The van der Waals surface area contributed by atoms with Gasteiger partial charge in [-0.25, -0.2) is 0 Å². The number of nitrogens with zero attached hydrogens (tertiary/aromatic N) is 4. The third-order valence-electron chi connectivity index (χ3n) is 10.7. The highest BCUT2D eigenvalue weighted by Gasteiger charge is 2.52. The van der Waals surface area contributed by atoms with Crippen LogP contribution in [0.1, 0.15) is 71.6 Å². The van der Waals surface area contributed by atoms with E-state index in [1.54, 1.807) is 0 Å². The maximum atomic E-state index is 7.31. The molecule has 2 aliphatic carbocycles. The van der Waals surface area contributed by atoms with Crippen LogP contribution in [0.15, 0.2) is 121 Å². The van der Waals surface area contributed by atoms with Gasteiger partial charge in [0.25, 0.3) is 0 Å². The first-order valence-electron chi connectivity index (χ1n) is 18.5. The third kappa shape index (κ3) is 6.71. The Labute approximate surface area is 295 Å². The van der Waals surface area contributed by atoms with E-state index in [1.165, 1.54) is 74.1 Å². The molecule has 6 atom stereocenters. The van der Waals surface area contributed by atoms with Crippen molar-refractivity contribution in [2.75, 3.05) is 18.7 Å². The summed E-state index contributed by atoms with van der Waals surface area (Å²) < 4.78 is 25.2. The predicted octanol–water partition coefficient (Wildman–Crippen LogP) is 11.3. The van der Waals surface area contributed by atoms with E-state index >= 15 is 0 Å². The summed E-state index contributed by atoms with van der Waals surface area (Å²) in [6.07, 6.45) is 10.8. The van der Waals surface area contributed by atoms with Gasteiger partial charge in [-0.3, -0.25) is 0 Å². The van der Waals surface area contributed by atoms with Gasteiger partial charge >= 0.3 is 0 Å². The second-order valence-corrected chi connectivity index (χ2v) is 17.3. The summed E-state index contributed by atoms with van der Waals surface area (Å²) >= 11 is 0. The summed E-state index contributed by atoms with van der Waals surface area (Å²) in [5.41, 5.74) is 5.09. The summed E-state index contributed by atoms with van der Waals surface area (Å²) in [5.74, 6) is 0. The van der Waals surface area contributed by atoms with Crippen LogP contribution in [0.3, 0.4) is 0 Å². The van der Waals surface area contributed by atoms with E-state index in [4.69, 9.17) is 9.05 Å². The molecule has 6 nitrogen and oxygen atoms in total. The van der Waals surface area contributed by atoms with Crippen molar-refractivity contribution in [3.63, 3.8) is 0 Å². The average Bonchev–Trinajstić information content (AvgIpc) is 3.64. The number of anilines is 4. The van der Waals surface area contributed by atoms with E-state index in [-0.39, 0.29) is 12.2 Å². The second-order valence-electron chi connectivity index (χ2n) is 14.1. The number of rotatable bonds is 10. The van der Waals surface area contributed by atoms with E-state index in [1.807, 2.05) is 0 Å². The Balaban J connectivity index is 1.07. The van der Waals surface area contributed by atoms with E-state index in [0.717, 1.165) is 6.42 Å². The summed E-state index contributed by atoms with van der Waals surface area (Å²) in [6, 6.07) is 45.8. The molecule has 0 aromatic heterocycles. The highest BCUT2D eigenvalue weighted by atomic mass is 31.2. The Morgan fingerprint density at radius 2 is 0.694 bits per heavy atom. The van der Waals surface area contributed by atoms with Gasteiger partial charge in [-0.15, -0.1) is 0 Å². The van der Waals surface area contributed by atoms with Crippen molar-refractivity contribution in [2.45, 2.75) is 108 Å². The van der Waals surface area contributed by atoms with Crippen molar-refractivity contribution in [1.82, 2.24) is 0 Å².